The van der Waals surface area contributed by atoms with Gasteiger partial charge in [-0.3, -0.25) is 0 Å². The Hall–Kier alpha value is -0.690. The van der Waals surface area contributed by atoms with E-state index in [0.29, 0.717) is 16.1 Å². The van der Waals surface area contributed by atoms with E-state index >= 15 is 0 Å². The first-order valence-corrected chi connectivity index (χ1v) is 8.49. The highest BCUT2D eigenvalue weighted by atomic mass is 35.5. The van der Waals surface area contributed by atoms with Crippen LogP contribution in [-0.2, 0) is 5.41 Å². The Balaban J connectivity index is 0.000000829. The van der Waals surface area contributed by atoms with Gasteiger partial charge in [0.2, 0.25) is 0 Å². The predicted octanol–water partition coefficient (Wildman–Crippen LogP) is 6.36. The average Bonchev–Trinajstić information content (AvgIpc) is 3.22. The molecule has 1 fully saturated rings. The average molecular weight is 298 g/mol. The van der Waals surface area contributed by atoms with Crippen molar-refractivity contribution in [2.45, 2.75) is 73.1 Å². The van der Waals surface area contributed by atoms with Crippen LogP contribution in [0.3, 0.4) is 0 Å². The lowest BCUT2D eigenvalue weighted by molar-refractivity contribution is 0.569. The summed E-state index contributed by atoms with van der Waals surface area (Å²) in [5.41, 5.74) is 9.62. The smallest absolute Gasteiger partial charge is 0.0638 e. The molecule has 0 aromatic heterocycles. The van der Waals surface area contributed by atoms with Crippen molar-refractivity contribution in [2.24, 2.45) is 5.92 Å². The summed E-state index contributed by atoms with van der Waals surface area (Å²) in [5, 5.41) is 0.704. The minimum Gasteiger partial charge on any atom is -0.398 e. The molecule has 1 aromatic rings. The molecule has 0 spiro atoms. The summed E-state index contributed by atoms with van der Waals surface area (Å²) in [7, 11) is 0. The van der Waals surface area contributed by atoms with Gasteiger partial charge in [0.25, 0.3) is 0 Å². The number of rotatable bonds is 3. The highest BCUT2D eigenvalue weighted by Crippen LogP contribution is 2.59. The van der Waals surface area contributed by atoms with Crippen molar-refractivity contribution in [2.75, 3.05) is 5.73 Å². The van der Waals surface area contributed by atoms with E-state index in [1.165, 1.54) is 30.4 Å². The van der Waals surface area contributed by atoms with Crippen LogP contribution in [0.2, 0.25) is 5.02 Å². The van der Waals surface area contributed by atoms with Crippen LogP contribution in [0.1, 0.15) is 71.9 Å². The molecule has 0 heterocycles. The van der Waals surface area contributed by atoms with Crippen molar-refractivity contribution in [1.29, 1.82) is 0 Å². The van der Waals surface area contributed by atoms with E-state index in [1.807, 2.05) is 33.8 Å². The number of benzene rings is 1. The van der Waals surface area contributed by atoms with Crippen molar-refractivity contribution in [1.82, 2.24) is 0 Å². The standard InChI is InChI=1S/C14H20ClN.2C2H6/c1-4-10-8-14(10,5-2)11-7-12(15)13(16)6-9(11)3;2*1-2/h6-7,10H,4-5,8,16H2,1-3H3;2*1-2H3. The van der Waals surface area contributed by atoms with Gasteiger partial charge < -0.3 is 5.73 Å². The van der Waals surface area contributed by atoms with E-state index in [-0.39, 0.29) is 0 Å². The molecule has 1 saturated carbocycles. The first-order chi connectivity index (χ1) is 9.55. The van der Waals surface area contributed by atoms with E-state index in [2.05, 4.69) is 26.8 Å². The van der Waals surface area contributed by atoms with E-state index in [1.54, 1.807) is 0 Å². The van der Waals surface area contributed by atoms with Crippen LogP contribution in [0, 0.1) is 12.8 Å². The molecule has 20 heavy (non-hydrogen) atoms. The van der Waals surface area contributed by atoms with Crippen LogP contribution in [0.4, 0.5) is 5.69 Å². The second kappa shape index (κ2) is 8.56. The van der Waals surface area contributed by atoms with Crippen LogP contribution in [0.25, 0.3) is 0 Å². The van der Waals surface area contributed by atoms with Gasteiger partial charge in [0.15, 0.2) is 0 Å². The Morgan fingerprint density at radius 2 is 1.75 bits per heavy atom. The summed E-state index contributed by atoms with van der Waals surface area (Å²) >= 11 is 6.14. The van der Waals surface area contributed by atoms with Gasteiger partial charge in [0, 0.05) is 0 Å². The van der Waals surface area contributed by atoms with Crippen LogP contribution >= 0.6 is 11.6 Å². The third-order valence-corrected chi connectivity index (χ3v) is 4.56. The van der Waals surface area contributed by atoms with Gasteiger partial charge in [-0.05, 0) is 54.4 Å². The number of halogens is 1. The molecule has 1 aliphatic rings. The van der Waals surface area contributed by atoms with E-state index < -0.39 is 0 Å². The molecule has 1 nitrogen and oxygen atoms in total. The molecule has 0 saturated heterocycles. The van der Waals surface area contributed by atoms with Crippen molar-refractivity contribution >= 4 is 17.3 Å². The lowest BCUT2D eigenvalue weighted by Crippen LogP contribution is -2.11. The molecule has 1 aromatic carbocycles. The molecule has 116 valence electrons. The minimum absolute atomic E-state index is 0.385. The van der Waals surface area contributed by atoms with Gasteiger partial charge in [-0.15, -0.1) is 0 Å². The number of hydrogen-bond acceptors (Lipinski definition) is 1. The van der Waals surface area contributed by atoms with E-state index in [9.17, 15) is 0 Å². The quantitative estimate of drug-likeness (QED) is 0.645. The summed E-state index contributed by atoms with van der Waals surface area (Å²) in [4.78, 5) is 0. The summed E-state index contributed by atoms with van der Waals surface area (Å²) < 4.78 is 0. The molecule has 0 bridgehead atoms. The number of hydrogen-bond donors (Lipinski definition) is 1. The predicted molar refractivity (Wildman–Crippen MR) is 93.7 cm³/mol. The number of nitrogen functional groups attached to an aromatic ring is 1. The zero-order valence-corrected chi connectivity index (χ0v) is 15.1. The Bertz CT molecular complexity index is 414. The fraction of sp³-hybridized carbons (Fsp3) is 0.667. The van der Waals surface area contributed by atoms with Gasteiger partial charge in [-0.2, -0.15) is 0 Å². The minimum atomic E-state index is 0.385. The van der Waals surface area contributed by atoms with E-state index in [4.69, 9.17) is 17.3 Å². The molecule has 2 atom stereocenters. The molecular formula is C18H32ClN. The number of nitrogens with two attached hydrogens (primary N) is 1. The maximum Gasteiger partial charge on any atom is 0.0638 e. The zero-order chi connectivity index (χ0) is 15.9. The normalized spacial score (nSPS) is 23.1. The van der Waals surface area contributed by atoms with Crippen LogP contribution in [0.5, 0.6) is 0 Å². The Morgan fingerprint density at radius 3 is 2.15 bits per heavy atom. The van der Waals surface area contributed by atoms with Crippen LogP contribution < -0.4 is 5.73 Å². The Morgan fingerprint density at radius 1 is 1.20 bits per heavy atom. The number of anilines is 1. The van der Waals surface area contributed by atoms with Crippen molar-refractivity contribution in [3.63, 3.8) is 0 Å². The van der Waals surface area contributed by atoms with Gasteiger partial charge >= 0.3 is 0 Å². The third-order valence-electron chi connectivity index (χ3n) is 4.24. The fourth-order valence-electron chi connectivity index (χ4n) is 3.11. The topological polar surface area (TPSA) is 26.0 Å². The van der Waals surface area contributed by atoms with Crippen LogP contribution in [-0.4, -0.2) is 0 Å². The lowest BCUT2D eigenvalue weighted by atomic mass is 9.86. The molecule has 2 N–H and O–H groups in total. The lowest BCUT2D eigenvalue weighted by Gasteiger charge is -2.19. The highest BCUT2D eigenvalue weighted by molar-refractivity contribution is 6.33. The SMILES string of the molecule is CC.CC.CCC1CC1(CC)c1cc(Cl)c(N)cc1C. The summed E-state index contributed by atoms with van der Waals surface area (Å²) in [5.74, 6) is 0.830. The molecular weight excluding hydrogens is 266 g/mol. The molecule has 0 amide bonds. The molecule has 0 aliphatic heterocycles. The van der Waals surface area contributed by atoms with Crippen molar-refractivity contribution in [3.05, 3.63) is 28.3 Å². The Kier molecular flexibility index (Phi) is 8.27. The third kappa shape index (κ3) is 3.69. The zero-order valence-electron chi connectivity index (χ0n) is 14.3. The number of aryl methyl sites for hydroxylation is 1. The van der Waals surface area contributed by atoms with Gasteiger partial charge in [0.1, 0.15) is 0 Å². The molecule has 0 radical (unpaired) electrons. The Labute approximate surface area is 130 Å². The monoisotopic (exact) mass is 297 g/mol. The largest absolute Gasteiger partial charge is 0.398 e. The van der Waals surface area contributed by atoms with Gasteiger partial charge in [0.05, 0.1) is 10.7 Å². The molecule has 2 heteroatoms. The second-order valence-electron chi connectivity index (χ2n) is 5.01. The molecule has 2 rings (SSSR count). The van der Waals surface area contributed by atoms with Crippen molar-refractivity contribution < 1.29 is 0 Å². The fourth-order valence-corrected chi connectivity index (χ4v) is 3.27. The van der Waals surface area contributed by atoms with Gasteiger partial charge in [-0.1, -0.05) is 59.6 Å². The first kappa shape index (κ1) is 19.3. The van der Waals surface area contributed by atoms with Crippen LogP contribution in [0.15, 0.2) is 12.1 Å². The molecule has 1 aliphatic carbocycles. The first-order valence-electron chi connectivity index (χ1n) is 8.11. The molecule has 2 unspecified atom stereocenters. The summed E-state index contributed by atoms with van der Waals surface area (Å²) in [6.45, 7) is 14.7. The highest BCUT2D eigenvalue weighted by Gasteiger charge is 2.52. The maximum atomic E-state index is 6.14. The second-order valence-corrected chi connectivity index (χ2v) is 5.41. The van der Waals surface area contributed by atoms with Gasteiger partial charge in [-0.25, -0.2) is 0 Å². The summed E-state index contributed by atoms with van der Waals surface area (Å²) in [6.07, 6.45) is 3.77. The van der Waals surface area contributed by atoms with E-state index in [0.717, 1.165) is 5.92 Å². The van der Waals surface area contributed by atoms with Crippen molar-refractivity contribution in [3.8, 4) is 0 Å². The maximum absolute atomic E-state index is 6.14. The summed E-state index contributed by atoms with van der Waals surface area (Å²) in [6, 6.07) is 4.10.